The van der Waals surface area contributed by atoms with Crippen molar-refractivity contribution in [3.05, 3.63) is 0 Å². The molecule has 0 amide bonds. The summed E-state index contributed by atoms with van der Waals surface area (Å²) in [6.07, 6.45) is 0.407. The summed E-state index contributed by atoms with van der Waals surface area (Å²) in [5, 5.41) is 0. The molecule has 20 heavy (non-hydrogen) atoms. The van der Waals surface area contributed by atoms with Crippen LogP contribution in [0.15, 0.2) is 0 Å². The molecule has 0 aromatic rings. The number of hydrogen-bond donors (Lipinski definition) is 1. The second-order valence-electron chi connectivity index (χ2n) is 4.88. The van der Waals surface area contributed by atoms with E-state index in [1.165, 1.54) is 4.31 Å². The van der Waals surface area contributed by atoms with Gasteiger partial charge in [0.15, 0.2) is 0 Å². The Balaban J connectivity index is 2.36. The fourth-order valence-corrected chi connectivity index (χ4v) is 3.48. The van der Waals surface area contributed by atoms with Gasteiger partial charge in [-0.05, 0) is 27.2 Å². The third-order valence-corrected chi connectivity index (χ3v) is 4.42. The Bertz CT molecular complexity index is 402. The fourth-order valence-electron chi connectivity index (χ4n) is 2.09. The molecule has 0 spiro atoms. The lowest BCUT2D eigenvalue weighted by Crippen LogP contribution is -2.52. The van der Waals surface area contributed by atoms with Crippen LogP contribution in [0.5, 0.6) is 0 Å². The summed E-state index contributed by atoms with van der Waals surface area (Å²) in [5.41, 5.74) is 0. The molecule has 0 aromatic heterocycles. The molecule has 0 bridgehead atoms. The van der Waals surface area contributed by atoms with E-state index in [0.717, 1.165) is 0 Å². The number of nitrogens with zero attached hydrogens (tertiary/aromatic N) is 1. The number of ether oxygens (including phenoxy) is 2. The SMILES string of the molecule is CCOC(=O)CCCNS(=O)(=O)N1CC(C)OC(C)C1. The van der Waals surface area contributed by atoms with E-state index in [0.29, 0.717) is 26.1 Å². The van der Waals surface area contributed by atoms with Gasteiger partial charge in [-0.15, -0.1) is 0 Å². The van der Waals surface area contributed by atoms with Gasteiger partial charge in [0.2, 0.25) is 0 Å². The number of carbonyl (C=O) groups is 1. The van der Waals surface area contributed by atoms with E-state index in [1.807, 2.05) is 13.8 Å². The fraction of sp³-hybridized carbons (Fsp3) is 0.917. The lowest BCUT2D eigenvalue weighted by molar-refractivity contribution is -0.143. The molecular weight excluding hydrogens is 284 g/mol. The Hall–Kier alpha value is -0.700. The summed E-state index contributed by atoms with van der Waals surface area (Å²) in [5.74, 6) is -0.305. The molecule has 2 unspecified atom stereocenters. The Morgan fingerprint density at radius 2 is 1.95 bits per heavy atom. The molecule has 7 nitrogen and oxygen atoms in total. The molecule has 2 atom stereocenters. The molecule has 1 aliphatic rings. The smallest absolute Gasteiger partial charge is 0.305 e. The van der Waals surface area contributed by atoms with Crippen LogP contribution in [0.1, 0.15) is 33.6 Å². The van der Waals surface area contributed by atoms with Gasteiger partial charge in [0, 0.05) is 26.1 Å². The number of morpholine rings is 1. The minimum Gasteiger partial charge on any atom is -0.466 e. The quantitative estimate of drug-likeness (QED) is 0.539. The molecule has 1 fully saturated rings. The van der Waals surface area contributed by atoms with Crippen molar-refractivity contribution >= 4 is 16.2 Å². The Labute approximate surface area is 120 Å². The second kappa shape index (κ2) is 7.92. The molecule has 1 heterocycles. The number of nitrogens with one attached hydrogen (secondary N) is 1. The van der Waals surface area contributed by atoms with Crippen molar-refractivity contribution in [3.63, 3.8) is 0 Å². The highest BCUT2D eigenvalue weighted by Gasteiger charge is 2.30. The van der Waals surface area contributed by atoms with Crippen LogP contribution in [0, 0.1) is 0 Å². The van der Waals surface area contributed by atoms with Crippen LogP contribution in [-0.2, 0) is 24.5 Å². The molecule has 1 aliphatic heterocycles. The van der Waals surface area contributed by atoms with Gasteiger partial charge in [-0.2, -0.15) is 12.7 Å². The summed E-state index contributed by atoms with van der Waals surface area (Å²) in [7, 11) is -3.51. The molecule has 0 saturated carbocycles. The van der Waals surface area contributed by atoms with Gasteiger partial charge in [0.25, 0.3) is 10.2 Å². The first-order valence-electron chi connectivity index (χ1n) is 6.91. The first-order chi connectivity index (χ1) is 9.35. The molecule has 0 aliphatic carbocycles. The minimum atomic E-state index is -3.51. The van der Waals surface area contributed by atoms with E-state index in [2.05, 4.69) is 4.72 Å². The first kappa shape index (κ1) is 17.4. The zero-order valence-electron chi connectivity index (χ0n) is 12.3. The van der Waals surface area contributed by atoms with Crippen molar-refractivity contribution in [2.75, 3.05) is 26.2 Å². The van der Waals surface area contributed by atoms with Crippen LogP contribution in [0.3, 0.4) is 0 Å². The molecule has 118 valence electrons. The lowest BCUT2D eigenvalue weighted by atomic mass is 10.3. The van der Waals surface area contributed by atoms with Gasteiger partial charge >= 0.3 is 5.97 Å². The Morgan fingerprint density at radius 1 is 1.35 bits per heavy atom. The lowest BCUT2D eigenvalue weighted by Gasteiger charge is -2.34. The summed E-state index contributed by atoms with van der Waals surface area (Å²) in [6.45, 7) is 6.68. The summed E-state index contributed by atoms with van der Waals surface area (Å²) < 4.78 is 38.3. The highest BCUT2D eigenvalue weighted by molar-refractivity contribution is 7.87. The Kier molecular flexibility index (Phi) is 6.87. The van der Waals surface area contributed by atoms with E-state index in [-0.39, 0.29) is 31.1 Å². The summed E-state index contributed by atoms with van der Waals surface area (Å²) >= 11 is 0. The molecule has 0 aromatic carbocycles. The van der Waals surface area contributed by atoms with Gasteiger partial charge in [-0.3, -0.25) is 4.79 Å². The highest BCUT2D eigenvalue weighted by Crippen LogP contribution is 2.13. The van der Waals surface area contributed by atoms with Crippen molar-refractivity contribution in [2.45, 2.75) is 45.8 Å². The third kappa shape index (κ3) is 5.74. The molecule has 1 saturated heterocycles. The van der Waals surface area contributed by atoms with Crippen LogP contribution in [0.25, 0.3) is 0 Å². The second-order valence-corrected chi connectivity index (χ2v) is 6.64. The zero-order chi connectivity index (χ0) is 15.2. The average Bonchev–Trinajstić information content (AvgIpc) is 2.34. The van der Waals surface area contributed by atoms with E-state index < -0.39 is 10.2 Å². The maximum absolute atomic E-state index is 12.1. The van der Waals surface area contributed by atoms with Crippen molar-refractivity contribution < 1.29 is 22.7 Å². The largest absolute Gasteiger partial charge is 0.466 e. The molecule has 1 rings (SSSR count). The van der Waals surface area contributed by atoms with Crippen molar-refractivity contribution in [2.24, 2.45) is 0 Å². The van der Waals surface area contributed by atoms with Crippen LogP contribution in [-0.4, -0.2) is 57.1 Å². The van der Waals surface area contributed by atoms with Gasteiger partial charge in [0.05, 0.1) is 18.8 Å². The van der Waals surface area contributed by atoms with Crippen molar-refractivity contribution in [3.8, 4) is 0 Å². The maximum Gasteiger partial charge on any atom is 0.305 e. The van der Waals surface area contributed by atoms with Crippen LogP contribution in [0.2, 0.25) is 0 Å². The minimum absolute atomic E-state index is 0.116. The van der Waals surface area contributed by atoms with E-state index >= 15 is 0 Å². The van der Waals surface area contributed by atoms with Crippen LogP contribution < -0.4 is 4.72 Å². The monoisotopic (exact) mass is 308 g/mol. The topological polar surface area (TPSA) is 84.9 Å². The molecular formula is C12H24N2O5S. The van der Waals surface area contributed by atoms with Gasteiger partial charge < -0.3 is 9.47 Å². The van der Waals surface area contributed by atoms with Crippen molar-refractivity contribution in [1.82, 2.24) is 9.03 Å². The zero-order valence-corrected chi connectivity index (χ0v) is 13.1. The number of rotatable bonds is 7. The number of hydrogen-bond acceptors (Lipinski definition) is 5. The van der Waals surface area contributed by atoms with E-state index in [1.54, 1.807) is 6.92 Å². The van der Waals surface area contributed by atoms with E-state index in [9.17, 15) is 13.2 Å². The average molecular weight is 308 g/mol. The van der Waals surface area contributed by atoms with E-state index in [4.69, 9.17) is 9.47 Å². The molecule has 1 N–H and O–H groups in total. The number of carbonyl (C=O) groups excluding carboxylic acids is 1. The van der Waals surface area contributed by atoms with Crippen molar-refractivity contribution in [1.29, 1.82) is 0 Å². The van der Waals surface area contributed by atoms with Crippen LogP contribution in [0.4, 0.5) is 0 Å². The van der Waals surface area contributed by atoms with Gasteiger partial charge in [-0.1, -0.05) is 0 Å². The predicted octanol–water partition coefficient (Wildman–Crippen LogP) is 0.273. The Morgan fingerprint density at radius 3 is 2.50 bits per heavy atom. The maximum atomic E-state index is 12.1. The van der Waals surface area contributed by atoms with Crippen LogP contribution >= 0.6 is 0 Å². The first-order valence-corrected chi connectivity index (χ1v) is 8.35. The van der Waals surface area contributed by atoms with Gasteiger partial charge in [0.1, 0.15) is 0 Å². The predicted molar refractivity (Wildman–Crippen MR) is 74.4 cm³/mol. The van der Waals surface area contributed by atoms with Gasteiger partial charge in [-0.25, -0.2) is 4.72 Å². The number of esters is 1. The standard InChI is InChI=1S/C12H24N2O5S/c1-4-18-12(15)6-5-7-13-20(16,17)14-8-10(2)19-11(3)9-14/h10-11,13H,4-9H2,1-3H3. The normalized spacial score (nSPS) is 24.6. The highest BCUT2D eigenvalue weighted by atomic mass is 32.2. The summed E-state index contributed by atoms with van der Waals surface area (Å²) in [6, 6.07) is 0. The molecule has 0 radical (unpaired) electrons. The third-order valence-electron chi connectivity index (χ3n) is 2.87. The molecule has 8 heteroatoms. The summed E-state index contributed by atoms with van der Waals surface area (Å²) in [4.78, 5) is 11.1.